The highest BCUT2D eigenvalue weighted by Gasteiger charge is 2.28. The van der Waals surface area contributed by atoms with Crippen molar-refractivity contribution in [3.63, 3.8) is 0 Å². The zero-order chi connectivity index (χ0) is 22.4. The van der Waals surface area contributed by atoms with Crippen LogP contribution >= 0.6 is 11.6 Å². The molecule has 8 nitrogen and oxygen atoms in total. The van der Waals surface area contributed by atoms with Gasteiger partial charge in [0.05, 0.1) is 13.2 Å². The molecule has 1 aliphatic rings. The summed E-state index contributed by atoms with van der Waals surface area (Å²) in [5.74, 6) is 1.46. The summed E-state index contributed by atoms with van der Waals surface area (Å²) in [5.41, 5.74) is 1.86. The van der Waals surface area contributed by atoms with Crippen LogP contribution < -0.4 is 20.9 Å². The molecule has 0 fully saturated rings. The van der Waals surface area contributed by atoms with E-state index >= 15 is 0 Å². The Bertz CT molecular complexity index is 1420. The predicted molar refractivity (Wildman–Crippen MR) is 124 cm³/mol. The topological polar surface area (TPSA) is 74.3 Å². The number of ether oxygens (including phenoxy) is 1. The van der Waals surface area contributed by atoms with Crippen molar-refractivity contribution in [2.75, 3.05) is 18.1 Å². The molecule has 164 valence electrons. The number of halogens is 1. The van der Waals surface area contributed by atoms with E-state index < -0.39 is 5.69 Å². The third-order valence-corrected chi connectivity index (χ3v) is 5.97. The fourth-order valence-electron chi connectivity index (χ4n) is 4.12. The molecular weight excluding hydrogens is 430 g/mol. The van der Waals surface area contributed by atoms with E-state index in [-0.39, 0.29) is 12.1 Å². The molecule has 9 heteroatoms. The van der Waals surface area contributed by atoms with Crippen LogP contribution in [0.1, 0.15) is 12.5 Å². The van der Waals surface area contributed by atoms with E-state index in [9.17, 15) is 9.59 Å². The lowest BCUT2D eigenvalue weighted by Crippen LogP contribution is -2.40. The molecule has 5 rings (SSSR count). The maximum atomic E-state index is 13.4. The van der Waals surface area contributed by atoms with E-state index in [0.29, 0.717) is 41.8 Å². The van der Waals surface area contributed by atoms with E-state index in [2.05, 4.69) is 4.98 Å². The Balaban J connectivity index is 1.60. The molecule has 32 heavy (non-hydrogen) atoms. The summed E-state index contributed by atoms with van der Waals surface area (Å²) in [7, 11) is 1.65. The maximum Gasteiger partial charge on any atom is 0.332 e. The minimum Gasteiger partial charge on any atom is -0.494 e. The van der Waals surface area contributed by atoms with Crippen molar-refractivity contribution in [3.05, 3.63) is 80.0 Å². The number of hydrogen-bond acceptors (Lipinski definition) is 5. The average molecular weight is 452 g/mol. The van der Waals surface area contributed by atoms with Crippen molar-refractivity contribution in [2.24, 2.45) is 7.05 Å². The van der Waals surface area contributed by atoms with Gasteiger partial charge in [0.25, 0.3) is 5.56 Å². The van der Waals surface area contributed by atoms with E-state index in [1.54, 1.807) is 19.2 Å². The van der Waals surface area contributed by atoms with Gasteiger partial charge in [-0.05, 0) is 48.9 Å². The Morgan fingerprint density at radius 3 is 2.44 bits per heavy atom. The number of anilines is 2. The van der Waals surface area contributed by atoms with Crippen molar-refractivity contribution in [3.8, 4) is 5.75 Å². The minimum absolute atomic E-state index is 0.168. The second-order valence-corrected chi connectivity index (χ2v) is 8.11. The molecule has 0 atom stereocenters. The number of hydrogen-bond donors (Lipinski definition) is 0. The molecule has 0 unspecified atom stereocenters. The van der Waals surface area contributed by atoms with Gasteiger partial charge in [0.15, 0.2) is 11.2 Å². The molecule has 0 spiro atoms. The average Bonchev–Trinajstić information content (AvgIpc) is 3.37. The molecule has 0 radical (unpaired) electrons. The zero-order valence-corrected chi connectivity index (χ0v) is 18.5. The maximum absolute atomic E-state index is 13.4. The van der Waals surface area contributed by atoms with Gasteiger partial charge < -0.3 is 14.2 Å². The SMILES string of the molecule is CCOc1ccc(N2CCn3c2nc2c3c(=O)n(Cc3ccc(Cl)cc3)c(=O)n2C)cc1. The summed E-state index contributed by atoms with van der Waals surface area (Å²) in [4.78, 5) is 33.1. The Hall–Kier alpha value is -3.52. The molecule has 0 N–H and O–H groups in total. The summed E-state index contributed by atoms with van der Waals surface area (Å²) >= 11 is 5.96. The molecular formula is C23H22ClN5O3. The first-order valence-corrected chi connectivity index (χ1v) is 10.8. The fourth-order valence-corrected chi connectivity index (χ4v) is 4.25. The van der Waals surface area contributed by atoms with Gasteiger partial charge >= 0.3 is 5.69 Å². The van der Waals surface area contributed by atoms with E-state index in [1.807, 2.05) is 52.8 Å². The second-order valence-electron chi connectivity index (χ2n) is 7.67. The van der Waals surface area contributed by atoms with Crippen LogP contribution in [0.15, 0.2) is 58.1 Å². The van der Waals surface area contributed by atoms with Gasteiger partial charge in [0, 0.05) is 30.8 Å². The lowest BCUT2D eigenvalue weighted by Gasteiger charge is -2.16. The first-order valence-electron chi connectivity index (χ1n) is 10.4. The molecule has 0 amide bonds. The quantitative estimate of drug-likeness (QED) is 0.466. The van der Waals surface area contributed by atoms with Crippen molar-refractivity contribution >= 4 is 34.4 Å². The van der Waals surface area contributed by atoms with Crippen LogP contribution in [0, 0.1) is 0 Å². The van der Waals surface area contributed by atoms with Crippen LogP contribution in [0.4, 0.5) is 11.6 Å². The summed E-state index contributed by atoms with van der Waals surface area (Å²) in [6, 6.07) is 14.9. The number of rotatable bonds is 5. The molecule has 4 aromatic rings. The highest BCUT2D eigenvalue weighted by atomic mass is 35.5. The molecule has 0 saturated heterocycles. The normalized spacial score (nSPS) is 13.0. The second kappa shape index (κ2) is 7.87. The van der Waals surface area contributed by atoms with Crippen molar-refractivity contribution in [1.29, 1.82) is 0 Å². The molecule has 0 bridgehead atoms. The van der Waals surface area contributed by atoms with E-state index in [4.69, 9.17) is 16.3 Å². The third kappa shape index (κ3) is 3.27. The fraction of sp³-hybridized carbons (Fsp3) is 0.261. The number of fused-ring (bicyclic) bond motifs is 3. The summed E-state index contributed by atoms with van der Waals surface area (Å²) in [5, 5.41) is 0.604. The van der Waals surface area contributed by atoms with Crippen LogP contribution in [-0.4, -0.2) is 31.8 Å². The first kappa shape index (κ1) is 20.4. The lowest BCUT2D eigenvalue weighted by molar-refractivity contribution is 0.340. The third-order valence-electron chi connectivity index (χ3n) is 5.71. The van der Waals surface area contributed by atoms with Crippen LogP contribution in [0.2, 0.25) is 5.02 Å². The molecule has 0 aliphatic carbocycles. The van der Waals surface area contributed by atoms with Crippen molar-refractivity contribution < 1.29 is 4.74 Å². The molecule has 2 aromatic heterocycles. The van der Waals surface area contributed by atoms with Gasteiger partial charge in [-0.15, -0.1) is 0 Å². The van der Waals surface area contributed by atoms with Crippen LogP contribution in [0.3, 0.4) is 0 Å². The van der Waals surface area contributed by atoms with Crippen LogP contribution in [-0.2, 0) is 20.1 Å². The molecule has 3 heterocycles. The standard InChI is InChI=1S/C23H22ClN5O3/c1-3-32-18-10-8-17(9-11-18)27-12-13-28-19-20(25-22(27)28)26(2)23(31)29(21(19)30)14-15-4-6-16(24)7-5-15/h4-11H,3,12-14H2,1-2H3. The van der Waals surface area contributed by atoms with Gasteiger partial charge in [-0.25, -0.2) is 4.79 Å². The first-order chi connectivity index (χ1) is 15.5. The number of aromatic nitrogens is 4. The summed E-state index contributed by atoms with van der Waals surface area (Å²) < 4.78 is 10.1. The number of nitrogens with zero attached hydrogens (tertiary/aromatic N) is 5. The predicted octanol–water partition coefficient (Wildman–Crippen LogP) is 3.15. The largest absolute Gasteiger partial charge is 0.494 e. The van der Waals surface area contributed by atoms with E-state index in [1.165, 1.54) is 9.13 Å². The summed E-state index contributed by atoms with van der Waals surface area (Å²) in [6.45, 7) is 4.01. The highest BCUT2D eigenvalue weighted by molar-refractivity contribution is 6.30. The Morgan fingerprint density at radius 2 is 1.75 bits per heavy atom. The number of imidazole rings is 1. The smallest absolute Gasteiger partial charge is 0.332 e. The van der Waals surface area contributed by atoms with Crippen LogP contribution in [0.25, 0.3) is 11.2 Å². The Kier molecular flexibility index (Phi) is 5.01. The Labute approximate surface area is 188 Å². The highest BCUT2D eigenvalue weighted by Crippen LogP contribution is 2.32. The molecule has 1 aliphatic heterocycles. The molecule has 2 aromatic carbocycles. The lowest BCUT2D eigenvalue weighted by atomic mass is 10.2. The monoisotopic (exact) mass is 451 g/mol. The number of aryl methyl sites for hydroxylation is 1. The minimum atomic E-state index is -0.401. The van der Waals surface area contributed by atoms with Gasteiger partial charge in [-0.2, -0.15) is 4.98 Å². The van der Waals surface area contributed by atoms with Gasteiger partial charge in [-0.3, -0.25) is 13.9 Å². The van der Waals surface area contributed by atoms with Gasteiger partial charge in [-0.1, -0.05) is 23.7 Å². The Morgan fingerprint density at radius 1 is 1.03 bits per heavy atom. The van der Waals surface area contributed by atoms with Crippen molar-refractivity contribution in [2.45, 2.75) is 20.0 Å². The summed E-state index contributed by atoms with van der Waals surface area (Å²) in [6.07, 6.45) is 0. The molecule has 0 saturated carbocycles. The zero-order valence-electron chi connectivity index (χ0n) is 17.8. The van der Waals surface area contributed by atoms with Crippen LogP contribution in [0.5, 0.6) is 5.75 Å². The van der Waals surface area contributed by atoms with Crippen molar-refractivity contribution in [1.82, 2.24) is 18.7 Å². The van der Waals surface area contributed by atoms with Gasteiger partial charge in [0.2, 0.25) is 5.95 Å². The van der Waals surface area contributed by atoms with Gasteiger partial charge in [0.1, 0.15) is 5.75 Å². The number of benzene rings is 2. The van der Waals surface area contributed by atoms with E-state index in [0.717, 1.165) is 17.0 Å².